The molecule has 2 aliphatic heterocycles. The van der Waals surface area contributed by atoms with Crippen LogP contribution in [-0.4, -0.2) is 54.5 Å². The number of fused-ring (bicyclic) bond motifs is 1. The first-order chi connectivity index (χ1) is 12.3. The molecule has 2 aromatic carbocycles. The zero-order valence-electron chi connectivity index (χ0n) is 14.4. The molecule has 1 amide bonds. The van der Waals surface area contributed by atoms with Crippen molar-refractivity contribution in [3.8, 4) is 16.9 Å². The lowest BCUT2D eigenvalue weighted by molar-refractivity contribution is -0.135. The molecule has 0 saturated carbocycles. The van der Waals surface area contributed by atoms with Gasteiger partial charge in [0, 0.05) is 25.7 Å². The van der Waals surface area contributed by atoms with Gasteiger partial charge in [0.1, 0.15) is 5.75 Å². The molecular formula is C21H24N2O2. The number of ether oxygens (including phenoxy) is 1. The van der Waals surface area contributed by atoms with Crippen molar-refractivity contribution in [3.63, 3.8) is 0 Å². The summed E-state index contributed by atoms with van der Waals surface area (Å²) in [5, 5.41) is 0. The van der Waals surface area contributed by atoms with Gasteiger partial charge in [0.05, 0.1) is 0 Å². The van der Waals surface area contributed by atoms with Crippen LogP contribution in [0, 0.1) is 0 Å². The average molecular weight is 336 g/mol. The lowest BCUT2D eigenvalue weighted by Gasteiger charge is -2.37. The molecule has 0 N–H and O–H groups in total. The van der Waals surface area contributed by atoms with Gasteiger partial charge in [0.15, 0.2) is 6.61 Å². The largest absolute Gasteiger partial charge is 0.484 e. The zero-order chi connectivity index (χ0) is 17.1. The molecule has 0 bridgehead atoms. The van der Waals surface area contributed by atoms with Crippen molar-refractivity contribution in [2.24, 2.45) is 0 Å². The summed E-state index contributed by atoms with van der Waals surface area (Å²) < 4.78 is 5.72. The van der Waals surface area contributed by atoms with Gasteiger partial charge >= 0.3 is 0 Å². The first-order valence-corrected chi connectivity index (χ1v) is 9.10. The highest BCUT2D eigenvalue weighted by Crippen LogP contribution is 2.23. The number of amides is 1. The van der Waals surface area contributed by atoms with Crippen LogP contribution in [0.1, 0.15) is 12.8 Å². The molecule has 2 fully saturated rings. The second kappa shape index (κ2) is 7.28. The third kappa shape index (κ3) is 3.69. The van der Waals surface area contributed by atoms with Gasteiger partial charge in [-0.25, -0.2) is 0 Å². The van der Waals surface area contributed by atoms with E-state index in [-0.39, 0.29) is 12.5 Å². The minimum absolute atomic E-state index is 0.0960. The molecule has 130 valence electrons. The van der Waals surface area contributed by atoms with Crippen LogP contribution in [0.2, 0.25) is 0 Å². The van der Waals surface area contributed by atoms with Gasteiger partial charge in [-0.3, -0.25) is 9.69 Å². The molecule has 0 spiro atoms. The minimum Gasteiger partial charge on any atom is -0.484 e. The van der Waals surface area contributed by atoms with Crippen LogP contribution >= 0.6 is 0 Å². The van der Waals surface area contributed by atoms with E-state index in [1.54, 1.807) is 0 Å². The molecule has 2 aliphatic rings. The number of carbonyl (C=O) groups is 1. The number of rotatable bonds is 4. The monoisotopic (exact) mass is 336 g/mol. The van der Waals surface area contributed by atoms with Crippen molar-refractivity contribution < 1.29 is 9.53 Å². The van der Waals surface area contributed by atoms with E-state index in [1.807, 2.05) is 47.4 Å². The summed E-state index contributed by atoms with van der Waals surface area (Å²) >= 11 is 0. The molecule has 0 aromatic heterocycles. The van der Waals surface area contributed by atoms with E-state index in [2.05, 4.69) is 17.0 Å². The predicted octanol–water partition coefficient (Wildman–Crippen LogP) is 3.04. The van der Waals surface area contributed by atoms with Crippen LogP contribution in [0.4, 0.5) is 0 Å². The van der Waals surface area contributed by atoms with Gasteiger partial charge in [-0.2, -0.15) is 0 Å². The van der Waals surface area contributed by atoms with Gasteiger partial charge in [0.2, 0.25) is 0 Å². The average Bonchev–Trinajstić information content (AvgIpc) is 3.15. The zero-order valence-corrected chi connectivity index (χ0v) is 14.4. The van der Waals surface area contributed by atoms with Crippen molar-refractivity contribution >= 4 is 5.91 Å². The number of piperazine rings is 1. The summed E-state index contributed by atoms with van der Waals surface area (Å²) in [7, 11) is 0. The summed E-state index contributed by atoms with van der Waals surface area (Å²) in [6.07, 6.45) is 2.47. The molecule has 1 atom stereocenters. The summed E-state index contributed by atoms with van der Waals surface area (Å²) in [6.45, 7) is 4.00. The molecule has 2 aromatic rings. The Balaban J connectivity index is 1.31. The standard InChI is InChI=1S/C21H24N2O2/c24-21(23-14-13-22-12-4-7-19(22)15-23)16-25-20-10-8-18(9-11-20)17-5-2-1-3-6-17/h1-3,5-6,8-11,19H,4,7,12-16H2/t19-/m0/s1. The minimum atomic E-state index is 0.0960. The second-order valence-electron chi connectivity index (χ2n) is 6.85. The molecule has 4 nitrogen and oxygen atoms in total. The quantitative estimate of drug-likeness (QED) is 0.860. The Morgan fingerprint density at radius 3 is 2.52 bits per heavy atom. The molecule has 2 saturated heterocycles. The van der Waals surface area contributed by atoms with E-state index >= 15 is 0 Å². The smallest absolute Gasteiger partial charge is 0.260 e. The topological polar surface area (TPSA) is 32.8 Å². The van der Waals surface area contributed by atoms with Crippen LogP contribution in [0.3, 0.4) is 0 Å². The maximum atomic E-state index is 12.4. The first-order valence-electron chi connectivity index (χ1n) is 9.10. The molecule has 2 heterocycles. The molecule has 0 aliphatic carbocycles. The number of benzene rings is 2. The van der Waals surface area contributed by atoms with Gasteiger partial charge < -0.3 is 9.64 Å². The summed E-state index contributed by atoms with van der Waals surface area (Å²) in [6, 6.07) is 18.7. The Hall–Kier alpha value is -2.33. The summed E-state index contributed by atoms with van der Waals surface area (Å²) in [4.78, 5) is 16.9. The normalized spacial score (nSPS) is 20.3. The van der Waals surface area contributed by atoms with Crippen molar-refractivity contribution in [2.75, 3.05) is 32.8 Å². The first kappa shape index (κ1) is 16.2. The molecule has 0 unspecified atom stereocenters. The molecule has 0 radical (unpaired) electrons. The SMILES string of the molecule is O=C(COc1ccc(-c2ccccc2)cc1)N1CCN2CCC[C@H]2C1. The maximum absolute atomic E-state index is 12.4. The predicted molar refractivity (Wildman–Crippen MR) is 98.5 cm³/mol. The Morgan fingerprint density at radius 2 is 1.72 bits per heavy atom. The molecule has 4 heteroatoms. The van der Waals surface area contributed by atoms with Crippen molar-refractivity contribution in [1.29, 1.82) is 0 Å². The highest BCUT2D eigenvalue weighted by Gasteiger charge is 2.32. The summed E-state index contributed by atoms with van der Waals surface area (Å²) in [5.74, 6) is 0.839. The van der Waals surface area contributed by atoms with Crippen LogP contribution in [0.25, 0.3) is 11.1 Å². The molecule has 4 rings (SSSR count). The van der Waals surface area contributed by atoms with E-state index in [9.17, 15) is 4.79 Å². The molecule has 25 heavy (non-hydrogen) atoms. The number of hydrogen-bond acceptors (Lipinski definition) is 3. The van der Waals surface area contributed by atoms with Crippen molar-refractivity contribution in [1.82, 2.24) is 9.80 Å². The van der Waals surface area contributed by atoms with Crippen molar-refractivity contribution in [2.45, 2.75) is 18.9 Å². The van der Waals surface area contributed by atoms with Gasteiger partial charge in [-0.1, -0.05) is 42.5 Å². The fourth-order valence-electron chi connectivity index (χ4n) is 3.83. The van der Waals surface area contributed by atoms with Crippen LogP contribution in [0.15, 0.2) is 54.6 Å². The van der Waals surface area contributed by atoms with E-state index in [0.29, 0.717) is 6.04 Å². The lowest BCUT2D eigenvalue weighted by atomic mass is 10.1. The van der Waals surface area contributed by atoms with E-state index < -0.39 is 0 Å². The van der Waals surface area contributed by atoms with Gasteiger partial charge in [-0.15, -0.1) is 0 Å². The highest BCUT2D eigenvalue weighted by molar-refractivity contribution is 5.78. The number of carbonyl (C=O) groups excluding carboxylic acids is 1. The lowest BCUT2D eigenvalue weighted by Crippen LogP contribution is -2.53. The van der Waals surface area contributed by atoms with E-state index in [0.717, 1.165) is 30.9 Å². The Kier molecular flexibility index (Phi) is 4.70. The fourth-order valence-corrected chi connectivity index (χ4v) is 3.83. The number of hydrogen-bond donors (Lipinski definition) is 0. The third-order valence-corrected chi connectivity index (χ3v) is 5.26. The van der Waals surface area contributed by atoms with Crippen LogP contribution < -0.4 is 4.74 Å². The van der Waals surface area contributed by atoms with Gasteiger partial charge in [-0.05, 0) is 42.6 Å². The number of nitrogens with zero attached hydrogens (tertiary/aromatic N) is 2. The molecular weight excluding hydrogens is 312 g/mol. The third-order valence-electron chi connectivity index (χ3n) is 5.26. The Labute approximate surface area is 149 Å². The van der Waals surface area contributed by atoms with E-state index in [1.165, 1.54) is 24.9 Å². The Bertz CT molecular complexity index is 714. The van der Waals surface area contributed by atoms with E-state index in [4.69, 9.17) is 4.74 Å². The maximum Gasteiger partial charge on any atom is 0.260 e. The fraction of sp³-hybridized carbons (Fsp3) is 0.381. The van der Waals surface area contributed by atoms with Gasteiger partial charge in [0.25, 0.3) is 5.91 Å². The second-order valence-corrected chi connectivity index (χ2v) is 6.85. The summed E-state index contributed by atoms with van der Waals surface area (Å²) in [5.41, 5.74) is 2.33. The van der Waals surface area contributed by atoms with Crippen LogP contribution in [0.5, 0.6) is 5.75 Å². The highest BCUT2D eigenvalue weighted by atomic mass is 16.5. The Morgan fingerprint density at radius 1 is 0.960 bits per heavy atom. The van der Waals surface area contributed by atoms with Crippen molar-refractivity contribution in [3.05, 3.63) is 54.6 Å². The van der Waals surface area contributed by atoms with Crippen LogP contribution in [-0.2, 0) is 4.79 Å².